The van der Waals surface area contributed by atoms with Crippen molar-refractivity contribution in [2.75, 3.05) is 13.6 Å². The van der Waals surface area contributed by atoms with E-state index in [9.17, 15) is 9.59 Å². The second-order valence-electron chi connectivity index (χ2n) is 7.68. The Morgan fingerprint density at radius 3 is 2.59 bits per heavy atom. The maximum Gasteiger partial charge on any atom is 0.252 e. The first-order chi connectivity index (χ1) is 13.3. The van der Waals surface area contributed by atoms with E-state index < -0.39 is 5.54 Å². The van der Waals surface area contributed by atoms with Crippen LogP contribution in [-0.4, -0.2) is 46.4 Å². The summed E-state index contributed by atoms with van der Waals surface area (Å²) in [6.45, 7) is 6.54. The summed E-state index contributed by atoms with van der Waals surface area (Å²) >= 11 is 0. The molecule has 2 atom stereocenters. The normalized spacial score (nSPS) is 18.8. The van der Waals surface area contributed by atoms with E-state index in [1.165, 1.54) is 5.56 Å². The van der Waals surface area contributed by atoms with E-state index >= 15 is 0 Å². The number of nitrogens with zero attached hydrogens (tertiary/aromatic N) is 3. The van der Waals surface area contributed by atoms with Crippen LogP contribution in [0, 0.1) is 0 Å². The number of rotatable bonds is 6. The fourth-order valence-electron chi connectivity index (χ4n) is 3.35. The van der Waals surface area contributed by atoms with Gasteiger partial charge in [-0.25, -0.2) is 4.68 Å². The van der Waals surface area contributed by atoms with Crippen molar-refractivity contribution in [3.8, 4) is 0 Å². The van der Waals surface area contributed by atoms with Crippen molar-refractivity contribution in [2.45, 2.75) is 51.2 Å². The minimum atomic E-state index is -0.676. The number of carbonyl (C=O) groups is 2. The van der Waals surface area contributed by atoms with E-state index in [1.54, 1.807) is 11.7 Å². The lowest BCUT2D eigenvalue weighted by Crippen LogP contribution is -2.41. The number of aromatic nitrogens is 3. The number of carbonyl (C=O) groups excluding carboxylic acids is 2. The van der Waals surface area contributed by atoms with Crippen molar-refractivity contribution in [1.82, 2.24) is 30.9 Å². The first kappa shape index (κ1) is 22.8. The molecular weight excluding hydrogens is 392 g/mol. The molecule has 2 aromatic rings. The number of halogens is 1. The molecule has 29 heavy (non-hydrogen) atoms. The summed E-state index contributed by atoms with van der Waals surface area (Å²) in [5.74, 6) is -0.172. The van der Waals surface area contributed by atoms with Gasteiger partial charge in [0.1, 0.15) is 5.69 Å². The van der Waals surface area contributed by atoms with Gasteiger partial charge in [0, 0.05) is 19.2 Å². The van der Waals surface area contributed by atoms with Crippen LogP contribution >= 0.6 is 12.4 Å². The smallest absolute Gasteiger partial charge is 0.252 e. The van der Waals surface area contributed by atoms with Gasteiger partial charge in [-0.05, 0) is 44.4 Å². The summed E-state index contributed by atoms with van der Waals surface area (Å²) in [6, 6.07) is 7.44. The van der Waals surface area contributed by atoms with Crippen LogP contribution in [0.25, 0.3) is 0 Å². The van der Waals surface area contributed by atoms with E-state index in [0.29, 0.717) is 24.2 Å². The summed E-state index contributed by atoms with van der Waals surface area (Å²) in [7, 11) is 1.63. The Morgan fingerprint density at radius 1 is 1.28 bits per heavy atom. The first-order valence-electron chi connectivity index (χ1n) is 9.62. The van der Waals surface area contributed by atoms with Gasteiger partial charge in [-0.1, -0.05) is 24.3 Å². The van der Waals surface area contributed by atoms with Crippen LogP contribution in [0.3, 0.4) is 0 Å². The highest BCUT2D eigenvalue weighted by molar-refractivity contribution is 5.94. The molecule has 1 aliphatic rings. The second-order valence-corrected chi connectivity index (χ2v) is 7.68. The van der Waals surface area contributed by atoms with Gasteiger partial charge >= 0.3 is 0 Å². The summed E-state index contributed by atoms with van der Waals surface area (Å²) in [4.78, 5) is 24.4. The summed E-state index contributed by atoms with van der Waals surface area (Å²) in [5, 5.41) is 17.4. The molecule has 9 heteroatoms. The van der Waals surface area contributed by atoms with Gasteiger partial charge in [-0.2, -0.15) is 0 Å². The summed E-state index contributed by atoms with van der Waals surface area (Å²) in [5.41, 5.74) is 1.81. The molecule has 2 amide bonds. The molecule has 2 heterocycles. The van der Waals surface area contributed by atoms with Crippen LogP contribution in [-0.2, 0) is 16.8 Å². The molecule has 0 unspecified atom stereocenters. The molecule has 1 aromatic carbocycles. The topological polar surface area (TPSA) is 101 Å². The van der Waals surface area contributed by atoms with Gasteiger partial charge in [0.2, 0.25) is 5.91 Å². The molecule has 1 fully saturated rings. The van der Waals surface area contributed by atoms with Gasteiger partial charge < -0.3 is 16.0 Å². The van der Waals surface area contributed by atoms with Crippen LogP contribution in [0.1, 0.15) is 54.8 Å². The average Bonchev–Trinajstić information content (AvgIpc) is 3.36. The van der Waals surface area contributed by atoms with Gasteiger partial charge in [-0.15, -0.1) is 17.5 Å². The molecule has 3 rings (SSSR count). The fraction of sp³-hybridized carbons (Fsp3) is 0.500. The fourth-order valence-corrected chi connectivity index (χ4v) is 3.35. The van der Waals surface area contributed by atoms with Crippen LogP contribution in [0.15, 0.2) is 30.5 Å². The number of benzene rings is 1. The molecule has 0 radical (unpaired) electrons. The van der Waals surface area contributed by atoms with E-state index in [2.05, 4.69) is 33.2 Å². The Kier molecular flexibility index (Phi) is 7.37. The average molecular weight is 421 g/mol. The summed E-state index contributed by atoms with van der Waals surface area (Å²) < 4.78 is 1.77. The van der Waals surface area contributed by atoms with Gasteiger partial charge in [0.05, 0.1) is 23.8 Å². The zero-order chi connectivity index (χ0) is 20.3. The second kappa shape index (κ2) is 9.37. The predicted molar refractivity (Wildman–Crippen MR) is 113 cm³/mol. The highest BCUT2D eigenvalue weighted by Gasteiger charge is 2.32. The number of hydrogen-bond donors (Lipinski definition) is 3. The third kappa shape index (κ3) is 5.13. The lowest BCUT2D eigenvalue weighted by molar-refractivity contribution is -0.122. The maximum absolute atomic E-state index is 12.6. The molecule has 1 aromatic heterocycles. The molecule has 0 saturated carbocycles. The Hall–Kier alpha value is -2.45. The lowest BCUT2D eigenvalue weighted by atomic mass is 10.00. The van der Waals surface area contributed by atoms with E-state index in [0.717, 1.165) is 6.42 Å². The SMILES string of the molecule is CCc1ccc(C(=O)NC(C)(C)c2cn([C@@H]3CN[C@H](C(=O)NC)C3)nn2)cc1.Cl. The van der Waals surface area contributed by atoms with Crippen molar-refractivity contribution in [3.05, 3.63) is 47.3 Å². The first-order valence-corrected chi connectivity index (χ1v) is 9.62. The molecule has 0 spiro atoms. The maximum atomic E-state index is 12.6. The van der Waals surface area contributed by atoms with Crippen molar-refractivity contribution in [1.29, 1.82) is 0 Å². The molecule has 3 N–H and O–H groups in total. The molecule has 0 bridgehead atoms. The highest BCUT2D eigenvalue weighted by Crippen LogP contribution is 2.23. The Morgan fingerprint density at radius 2 is 1.97 bits per heavy atom. The number of likely N-dealkylation sites (N-methyl/N-ethyl adjacent to an activating group) is 1. The number of aryl methyl sites for hydroxylation is 1. The highest BCUT2D eigenvalue weighted by atomic mass is 35.5. The van der Waals surface area contributed by atoms with Crippen LogP contribution in [0.5, 0.6) is 0 Å². The third-order valence-electron chi connectivity index (χ3n) is 5.25. The molecule has 1 saturated heterocycles. The van der Waals surface area contributed by atoms with Gasteiger partial charge in [0.25, 0.3) is 5.91 Å². The largest absolute Gasteiger partial charge is 0.358 e. The van der Waals surface area contributed by atoms with Crippen molar-refractivity contribution in [3.63, 3.8) is 0 Å². The number of nitrogens with one attached hydrogen (secondary N) is 3. The van der Waals surface area contributed by atoms with Gasteiger partial charge in [-0.3, -0.25) is 9.59 Å². The van der Waals surface area contributed by atoms with Crippen LogP contribution in [0.2, 0.25) is 0 Å². The van der Waals surface area contributed by atoms with E-state index in [-0.39, 0.29) is 36.3 Å². The standard InChI is InChI=1S/C20H28N6O2.ClH/c1-5-13-6-8-14(9-7-13)18(27)23-20(2,3)17-12-26(25-24-17)15-10-16(22-11-15)19(28)21-4;/h6-9,12,15-16,22H,5,10-11H2,1-4H3,(H,21,28)(H,23,27);1H/t15-,16-;/m0./s1. The van der Waals surface area contributed by atoms with Crippen LogP contribution in [0.4, 0.5) is 0 Å². The lowest BCUT2D eigenvalue weighted by Gasteiger charge is -2.23. The minimum Gasteiger partial charge on any atom is -0.358 e. The van der Waals surface area contributed by atoms with Crippen molar-refractivity contribution < 1.29 is 9.59 Å². The Labute approximate surface area is 177 Å². The molecule has 8 nitrogen and oxygen atoms in total. The molecule has 0 aliphatic carbocycles. The van der Waals surface area contributed by atoms with Crippen molar-refractivity contribution >= 4 is 24.2 Å². The van der Waals surface area contributed by atoms with E-state index in [1.807, 2.05) is 44.3 Å². The monoisotopic (exact) mass is 420 g/mol. The Bertz CT molecular complexity index is 849. The van der Waals surface area contributed by atoms with Crippen molar-refractivity contribution in [2.24, 2.45) is 0 Å². The quantitative estimate of drug-likeness (QED) is 0.658. The molecular formula is C20H29ClN6O2. The number of hydrogen-bond acceptors (Lipinski definition) is 5. The third-order valence-corrected chi connectivity index (χ3v) is 5.25. The predicted octanol–water partition coefficient (Wildman–Crippen LogP) is 1.58. The zero-order valence-corrected chi connectivity index (χ0v) is 18.0. The molecule has 1 aliphatic heterocycles. The minimum absolute atomic E-state index is 0. The van der Waals surface area contributed by atoms with Crippen LogP contribution < -0.4 is 16.0 Å². The van der Waals surface area contributed by atoms with Gasteiger partial charge in [0.15, 0.2) is 0 Å². The summed E-state index contributed by atoms with van der Waals surface area (Å²) in [6.07, 6.45) is 3.44. The van der Waals surface area contributed by atoms with E-state index in [4.69, 9.17) is 0 Å². The number of amides is 2. The Balaban J connectivity index is 0.00000300. The zero-order valence-electron chi connectivity index (χ0n) is 17.2. The molecule has 158 valence electrons.